The molecule has 1 aliphatic heterocycles. The quantitative estimate of drug-likeness (QED) is 0.778. The van der Waals surface area contributed by atoms with Crippen LogP contribution in [0.15, 0.2) is 42.7 Å². The molecule has 3 rings (SSSR count). The van der Waals surface area contributed by atoms with Crippen LogP contribution in [0.3, 0.4) is 0 Å². The number of aromatic nitrogens is 1. The molecule has 1 N–H and O–H groups in total. The van der Waals surface area contributed by atoms with E-state index >= 15 is 0 Å². The summed E-state index contributed by atoms with van der Waals surface area (Å²) >= 11 is 0. The molecule has 8 heteroatoms. The number of rotatable bonds is 7. The van der Waals surface area contributed by atoms with E-state index in [4.69, 9.17) is 14.6 Å². The van der Waals surface area contributed by atoms with Gasteiger partial charge in [-0.1, -0.05) is 12.1 Å². The molecular formula is C19H23FN2O4S. The van der Waals surface area contributed by atoms with Crippen LogP contribution in [-0.4, -0.2) is 41.9 Å². The zero-order chi connectivity index (χ0) is 18.4. The van der Waals surface area contributed by atoms with Gasteiger partial charge in [-0.3, -0.25) is 9.78 Å². The molecule has 0 radical (unpaired) electrons. The SMILES string of the molecule is O=C(O)CC[C@H]1CN(c2cncc(OCc3ccc(F)cc3)c2)CCO1.S. The minimum atomic E-state index is -0.816. The maximum Gasteiger partial charge on any atom is 0.303 e. The average Bonchev–Trinajstić information content (AvgIpc) is 2.66. The van der Waals surface area contributed by atoms with Crippen molar-refractivity contribution in [3.63, 3.8) is 0 Å². The number of benzene rings is 1. The zero-order valence-electron chi connectivity index (χ0n) is 14.8. The van der Waals surface area contributed by atoms with E-state index in [2.05, 4.69) is 9.88 Å². The lowest BCUT2D eigenvalue weighted by atomic mass is 10.1. The number of carboxylic acid groups (broad SMARTS) is 1. The number of ether oxygens (including phenoxy) is 2. The molecule has 0 aliphatic carbocycles. The average molecular weight is 394 g/mol. The van der Waals surface area contributed by atoms with Crippen molar-refractivity contribution >= 4 is 25.2 Å². The molecule has 1 atom stereocenters. The molecule has 1 aromatic carbocycles. The summed E-state index contributed by atoms with van der Waals surface area (Å²) in [6.07, 6.45) is 3.86. The van der Waals surface area contributed by atoms with Crippen molar-refractivity contribution in [2.24, 2.45) is 0 Å². The standard InChI is InChI=1S/C19H21FN2O4.H2S/c20-15-3-1-14(2-4-15)13-26-18-9-16(10-21-11-18)22-7-8-25-17(12-22)5-6-19(23)24;/h1-4,9-11,17H,5-8,12-13H2,(H,23,24);1H2/t17-;/m0./s1. The summed E-state index contributed by atoms with van der Waals surface area (Å²) in [6.45, 7) is 2.21. The summed E-state index contributed by atoms with van der Waals surface area (Å²) in [6, 6.07) is 8.07. The van der Waals surface area contributed by atoms with Gasteiger partial charge >= 0.3 is 5.97 Å². The largest absolute Gasteiger partial charge is 0.487 e. The van der Waals surface area contributed by atoms with Gasteiger partial charge < -0.3 is 19.5 Å². The molecule has 1 fully saturated rings. The molecule has 0 amide bonds. The molecule has 2 heterocycles. The molecule has 0 spiro atoms. The lowest BCUT2D eigenvalue weighted by Gasteiger charge is -2.34. The van der Waals surface area contributed by atoms with Gasteiger partial charge in [0.05, 0.1) is 30.8 Å². The Bertz CT molecular complexity index is 745. The highest BCUT2D eigenvalue weighted by atomic mass is 32.1. The predicted molar refractivity (Wildman–Crippen MR) is 104 cm³/mol. The first-order valence-electron chi connectivity index (χ1n) is 8.51. The third-order valence-electron chi connectivity index (χ3n) is 4.20. The molecule has 0 unspecified atom stereocenters. The second-order valence-corrected chi connectivity index (χ2v) is 6.17. The van der Waals surface area contributed by atoms with Gasteiger partial charge in [0.25, 0.3) is 0 Å². The smallest absolute Gasteiger partial charge is 0.303 e. The summed E-state index contributed by atoms with van der Waals surface area (Å²) in [5.74, 6) is -0.467. The van der Waals surface area contributed by atoms with Crippen molar-refractivity contribution < 1.29 is 23.8 Å². The number of pyridine rings is 1. The number of nitrogens with zero attached hydrogens (tertiary/aromatic N) is 2. The van der Waals surface area contributed by atoms with Crippen LogP contribution in [0.2, 0.25) is 0 Å². The first kappa shape index (κ1) is 21.0. The summed E-state index contributed by atoms with van der Waals surface area (Å²) in [5.41, 5.74) is 1.78. The molecule has 0 saturated carbocycles. The highest BCUT2D eigenvalue weighted by Gasteiger charge is 2.22. The Morgan fingerprint density at radius 1 is 1.33 bits per heavy atom. The van der Waals surface area contributed by atoms with E-state index in [9.17, 15) is 9.18 Å². The Kier molecular flexibility index (Phi) is 7.87. The molecule has 1 aliphatic rings. The summed E-state index contributed by atoms with van der Waals surface area (Å²) in [7, 11) is 0. The second kappa shape index (κ2) is 10.1. The van der Waals surface area contributed by atoms with Gasteiger partial charge in [-0.05, 0) is 24.1 Å². The number of carbonyl (C=O) groups is 1. The Hall–Kier alpha value is -2.32. The zero-order valence-corrected chi connectivity index (χ0v) is 15.8. The first-order valence-corrected chi connectivity index (χ1v) is 8.51. The van der Waals surface area contributed by atoms with E-state index < -0.39 is 5.97 Å². The number of hydrogen-bond acceptors (Lipinski definition) is 5. The van der Waals surface area contributed by atoms with E-state index in [1.165, 1.54) is 12.1 Å². The minimum absolute atomic E-state index is 0. The topological polar surface area (TPSA) is 71.9 Å². The van der Waals surface area contributed by atoms with Crippen LogP contribution in [0.5, 0.6) is 5.75 Å². The Labute approximate surface area is 164 Å². The van der Waals surface area contributed by atoms with E-state index in [1.54, 1.807) is 24.5 Å². The van der Waals surface area contributed by atoms with Gasteiger partial charge in [0.2, 0.25) is 0 Å². The number of morpholine rings is 1. The third kappa shape index (κ3) is 6.41. The van der Waals surface area contributed by atoms with E-state index in [0.717, 1.165) is 11.3 Å². The highest BCUT2D eigenvalue weighted by Crippen LogP contribution is 2.23. The maximum atomic E-state index is 12.9. The number of hydrogen-bond donors (Lipinski definition) is 1. The Morgan fingerprint density at radius 3 is 2.85 bits per heavy atom. The van der Waals surface area contributed by atoms with Crippen LogP contribution in [0.1, 0.15) is 18.4 Å². The summed E-state index contributed by atoms with van der Waals surface area (Å²) in [4.78, 5) is 17.1. The molecule has 2 aromatic rings. The first-order chi connectivity index (χ1) is 12.6. The molecule has 1 saturated heterocycles. The number of halogens is 1. The number of anilines is 1. The lowest BCUT2D eigenvalue weighted by Crippen LogP contribution is -2.42. The van der Waals surface area contributed by atoms with E-state index in [0.29, 0.717) is 38.5 Å². The van der Waals surface area contributed by atoms with Crippen molar-refractivity contribution in [2.75, 3.05) is 24.6 Å². The normalized spacial score (nSPS) is 16.5. The molecule has 0 bridgehead atoms. The van der Waals surface area contributed by atoms with Crippen LogP contribution in [-0.2, 0) is 16.1 Å². The second-order valence-electron chi connectivity index (χ2n) is 6.17. The summed E-state index contributed by atoms with van der Waals surface area (Å²) < 4.78 is 24.3. The molecule has 1 aromatic heterocycles. The van der Waals surface area contributed by atoms with Crippen LogP contribution >= 0.6 is 13.5 Å². The van der Waals surface area contributed by atoms with Crippen molar-refractivity contribution in [3.05, 3.63) is 54.1 Å². The number of carboxylic acids is 1. The third-order valence-corrected chi connectivity index (χ3v) is 4.20. The van der Waals surface area contributed by atoms with Crippen molar-refractivity contribution in [1.29, 1.82) is 0 Å². The van der Waals surface area contributed by atoms with Crippen molar-refractivity contribution in [1.82, 2.24) is 4.98 Å². The van der Waals surface area contributed by atoms with Gasteiger partial charge in [-0.25, -0.2) is 4.39 Å². The Morgan fingerprint density at radius 2 is 2.11 bits per heavy atom. The van der Waals surface area contributed by atoms with Gasteiger partial charge in [0.1, 0.15) is 18.2 Å². The van der Waals surface area contributed by atoms with Gasteiger partial charge in [0.15, 0.2) is 0 Å². The number of aliphatic carboxylic acids is 1. The maximum absolute atomic E-state index is 12.9. The van der Waals surface area contributed by atoms with Crippen LogP contribution < -0.4 is 9.64 Å². The fourth-order valence-electron chi connectivity index (χ4n) is 2.82. The van der Waals surface area contributed by atoms with Crippen LogP contribution in [0.25, 0.3) is 0 Å². The predicted octanol–water partition coefficient (Wildman–Crippen LogP) is 2.98. The molecule has 27 heavy (non-hydrogen) atoms. The van der Waals surface area contributed by atoms with Crippen LogP contribution in [0, 0.1) is 5.82 Å². The highest BCUT2D eigenvalue weighted by molar-refractivity contribution is 7.59. The summed E-state index contributed by atoms with van der Waals surface area (Å²) in [5, 5.41) is 8.82. The minimum Gasteiger partial charge on any atom is -0.487 e. The van der Waals surface area contributed by atoms with Gasteiger partial charge in [-0.15, -0.1) is 0 Å². The van der Waals surface area contributed by atoms with Gasteiger partial charge in [-0.2, -0.15) is 13.5 Å². The fourth-order valence-corrected chi connectivity index (χ4v) is 2.82. The van der Waals surface area contributed by atoms with Crippen molar-refractivity contribution in [3.8, 4) is 5.75 Å². The van der Waals surface area contributed by atoms with Crippen LogP contribution in [0.4, 0.5) is 10.1 Å². The van der Waals surface area contributed by atoms with Crippen molar-refractivity contribution in [2.45, 2.75) is 25.6 Å². The monoisotopic (exact) mass is 394 g/mol. The van der Waals surface area contributed by atoms with E-state index in [-0.39, 0.29) is 31.8 Å². The molecular weight excluding hydrogens is 371 g/mol. The molecule has 6 nitrogen and oxygen atoms in total. The van der Waals surface area contributed by atoms with E-state index in [1.807, 2.05) is 6.07 Å². The molecule has 146 valence electrons. The fraction of sp³-hybridized carbons (Fsp3) is 0.368. The Balaban J connectivity index is 0.00000261. The van der Waals surface area contributed by atoms with Gasteiger partial charge in [0, 0.05) is 25.6 Å². The lowest BCUT2D eigenvalue weighted by molar-refractivity contribution is -0.137.